The van der Waals surface area contributed by atoms with Gasteiger partial charge in [0.1, 0.15) is 0 Å². The number of amides is 3. The van der Waals surface area contributed by atoms with E-state index in [4.69, 9.17) is 0 Å². The molecule has 0 atom stereocenters. The molecule has 6 nitrogen and oxygen atoms in total. The lowest BCUT2D eigenvalue weighted by Gasteiger charge is -2.16. The molecule has 0 saturated carbocycles. The second-order valence-corrected chi connectivity index (χ2v) is 6.46. The maximum atomic E-state index is 12.1. The second-order valence-electron chi connectivity index (χ2n) is 6.46. The highest BCUT2D eigenvalue weighted by molar-refractivity contribution is 5.95. The van der Waals surface area contributed by atoms with E-state index in [1.165, 1.54) is 0 Å². The first-order chi connectivity index (χ1) is 11.4. The molecule has 0 unspecified atom stereocenters. The van der Waals surface area contributed by atoms with Crippen molar-refractivity contribution in [1.29, 1.82) is 0 Å². The summed E-state index contributed by atoms with van der Waals surface area (Å²) >= 11 is 0. The zero-order valence-electron chi connectivity index (χ0n) is 14.5. The van der Waals surface area contributed by atoms with Gasteiger partial charge in [0.25, 0.3) is 0 Å². The summed E-state index contributed by atoms with van der Waals surface area (Å²) in [5, 5.41) is 5.69. The molecule has 1 fully saturated rings. The topological polar surface area (TPSA) is 78.5 Å². The fraction of sp³-hybridized carbons (Fsp3) is 0.500. The smallest absolute Gasteiger partial charge is 0.226 e. The Bertz CT molecular complexity index is 640. The number of rotatable bonds is 6. The summed E-state index contributed by atoms with van der Waals surface area (Å²) in [6.07, 6.45) is 1.73. The third-order valence-corrected chi connectivity index (χ3v) is 4.08. The van der Waals surface area contributed by atoms with Crippen LogP contribution in [0.15, 0.2) is 18.2 Å². The van der Waals surface area contributed by atoms with Crippen molar-refractivity contribution >= 4 is 29.1 Å². The number of benzene rings is 1. The average molecular weight is 331 g/mol. The number of hydrogen-bond acceptors (Lipinski definition) is 3. The van der Waals surface area contributed by atoms with Crippen molar-refractivity contribution in [1.82, 2.24) is 4.90 Å². The zero-order valence-corrected chi connectivity index (χ0v) is 14.5. The molecule has 1 aromatic carbocycles. The van der Waals surface area contributed by atoms with E-state index >= 15 is 0 Å². The minimum atomic E-state index is -0.139. The van der Waals surface area contributed by atoms with E-state index in [1.807, 2.05) is 26.8 Å². The fourth-order valence-electron chi connectivity index (χ4n) is 2.51. The monoisotopic (exact) mass is 331 g/mol. The van der Waals surface area contributed by atoms with Gasteiger partial charge in [-0.1, -0.05) is 19.9 Å². The molecule has 0 spiro atoms. The minimum Gasteiger partial charge on any atom is -0.342 e. The molecular weight excluding hydrogens is 306 g/mol. The molecule has 6 heteroatoms. The van der Waals surface area contributed by atoms with Gasteiger partial charge in [0, 0.05) is 43.2 Å². The SMILES string of the molecule is Cc1ccc(NC(=O)CCN2CCCC2=O)cc1NC(=O)C(C)C. The minimum absolute atomic E-state index is 0.0610. The van der Waals surface area contributed by atoms with E-state index in [0.29, 0.717) is 24.3 Å². The van der Waals surface area contributed by atoms with E-state index < -0.39 is 0 Å². The standard InChI is InChI=1S/C18H25N3O3/c1-12(2)18(24)20-15-11-14(7-6-13(15)3)19-16(22)8-10-21-9-4-5-17(21)23/h6-7,11-12H,4-5,8-10H2,1-3H3,(H,19,22)(H,20,24). The normalized spacial score (nSPS) is 14.2. The molecule has 0 radical (unpaired) electrons. The highest BCUT2D eigenvalue weighted by Crippen LogP contribution is 2.21. The number of carbonyl (C=O) groups excluding carboxylic acids is 3. The van der Waals surface area contributed by atoms with Gasteiger partial charge in [0.15, 0.2) is 0 Å². The van der Waals surface area contributed by atoms with Crippen LogP contribution >= 0.6 is 0 Å². The number of aryl methyl sites for hydroxylation is 1. The molecule has 0 bridgehead atoms. The van der Waals surface area contributed by atoms with Crippen molar-refractivity contribution in [3.63, 3.8) is 0 Å². The van der Waals surface area contributed by atoms with Gasteiger partial charge in [-0.3, -0.25) is 14.4 Å². The molecule has 0 aliphatic carbocycles. The molecule has 3 amide bonds. The predicted octanol–water partition coefficient (Wildman–Crippen LogP) is 2.54. The third kappa shape index (κ3) is 4.81. The fourth-order valence-corrected chi connectivity index (χ4v) is 2.51. The van der Waals surface area contributed by atoms with E-state index in [0.717, 1.165) is 18.5 Å². The number of likely N-dealkylation sites (tertiary alicyclic amines) is 1. The van der Waals surface area contributed by atoms with Crippen LogP contribution in [0.4, 0.5) is 11.4 Å². The summed E-state index contributed by atoms with van der Waals surface area (Å²) in [4.78, 5) is 37.2. The van der Waals surface area contributed by atoms with Gasteiger partial charge in [-0.25, -0.2) is 0 Å². The Hall–Kier alpha value is -2.37. The number of nitrogens with one attached hydrogen (secondary N) is 2. The van der Waals surface area contributed by atoms with E-state index in [2.05, 4.69) is 10.6 Å². The van der Waals surface area contributed by atoms with Gasteiger partial charge in [-0.05, 0) is 31.0 Å². The third-order valence-electron chi connectivity index (χ3n) is 4.08. The Morgan fingerprint density at radius 3 is 2.62 bits per heavy atom. The largest absolute Gasteiger partial charge is 0.342 e. The summed E-state index contributed by atoms with van der Waals surface area (Å²) < 4.78 is 0. The van der Waals surface area contributed by atoms with E-state index in [1.54, 1.807) is 17.0 Å². The molecule has 2 rings (SSSR count). The maximum absolute atomic E-state index is 12.1. The Morgan fingerprint density at radius 1 is 1.25 bits per heavy atom. The molecule has 130 valence electrons. The Labute approximate surface area is 142 Å². The van der Waals surface area contributed by atoms with E-state index in [-0.39, 0.29) is 30.1 Å². The quantitative estimate of drug-likeness (QED) is 0.841. The van der Waals surface area contributed by atoms with Crippen LogP contribution in [0.25, 0.3) is 0 Å². The number of carbonyl (C=O) groups is 3. The molecule has 1 aliphatic heterocycles. The van der Waals surface area contributed by atoms with Gasteiger partial charge >= 0.3 is 0 Å². The number of hydrogen-bond donors (Lipinski definition) is 2. The van der Waals surface area contributed by atoms with E-state index in [9.17, 15) is 14.4 Å². The molecule has 1 saturated heterocycles. The number of nitrogens with zero attached hydrogens (tertiary/aromatic N) is 1. The van der Waals surface area contributed by atoms with Crippen LogP contribution < -0.4 is 10.6 Å². The van der Waals surface area contributed by atoms with Crippen LogP contribution in [-0.2, 0) is 14.4 Å². The molecule has 1 aromatic rings. The summed E-state index contributed by atoms with van der Waals surface area (Å²) in [6.45, 7) is 6.75. The van der Waals surface area contributed by atoms with Crippen molar-refractivity contribution in [3.05, 3.63) is 23.8 Å². The zero-order chi connectivity index (χ0) is 17.7. The predicted molar refractivity (Wildman–Crippen MR) is 93.7 cm³/mol. The Balaban J connectivity index is 1.92. The first-order valence-corrected chi connectivity index (χ1v) is 8.36. The van der Waals surface area contributed by atoms with Gasteiger partial charge in [0.05, 0.1) is 0 Å². The van der Waals surface area contributed by atoms with Gasteiger partial charge < -0.3 is 15.5 Å². The van der Waals surface area contributed by atoms with Gasteiger partial charge in [0.2, 0.25) is 17.7 Å². The summed E-state index contributed by atoms with van der Waals surface area (Å²) in [5.74, 6) is -0.189. The van der Waals surface area contributed by atoms with Crippen LogP contribution in [0.2, 0.25) is 0 Å². The van der Waals surface area contributed by atoms with Crippen molar-refractivity contribution in [2.45, 2.75) is 40.0 Å². The lowest BCUT2D eigenvalue weighted by Crippen LogP contribution is -2.28. The Kier molecular flexibility index (Phi) is 5.95. The van der Waals surface area contributed by atoms with Crippen molar-refractivity contribution in [2.75, 3.05) is 23.7 Å². The molecule has 24 heavy (non-hydrogen) atoms. The average Bonchev–Trinajstić information content (AvgIpc) is 2.93. The Morgan fingerprint density at radius 2 is 2.00 bits per heavy atom. The summed E-state index contributed by atoms with van der Waals surface area (Å²) in [6, 6.07) is 5.42. The van der Waals surface area contributed by atoms with Crippen LogP contribution in [0.1, 0.15) is 38.7 Å². The molecule has 2 N–H and O–H groups in total. The first kappa shape index (κ1) is 18.0. The van der Waals surface area contributed by atoms with Crippen LogP contribution in [0.5, 0.6) is 0 Å². The highest BCUT2D eigenvalue weighted by atomic mass is 16.2. The number of anilines is 2. The van der Waals surface area contributed by atoms with Crippen molar-refractivity contribution in [2.24, 2.45) is 5.92 Å². The van der Waals surface area contributed by atoms with Crippen LogP contribution in [0.3, 0.4) is 0 Å². The van der Waals surface area contributed by atoms with Gasteiger partial charge in [-0.2, -0.15) is 0 Å². The summed E-state index contributed by atoms with van der Waals surface area (Å²) in [7, 11) is 0. The maximum Gasteiger partial charge on any atom is 0.226 e. The molecular formula is C18H25N3O3. The lowest BCUT2D eigenvalue weighted by molar-refractivity contribution is -0.128. The van der Waals surface area contributed by atoms with Crippen LogP contribution in [-0.4, -0.2) is 35.7 Å². The van der Waals surface area contributed by atoms with Crippen molar-refractivity contribution < 1.29 is 14.4 Å². The van der Waals surface area contributed by atoms with Gasteiger partial charge in [-0.15, -0.1) is 0 Å². The molecule has 1 heterocycles. The van der Waals surface area contributed by atoms with Crippen LogP contribution in [0, 0.1) is 12.8 Å². The lowest BCUT2D eigenvalue weighted by atomic mass is 10.1. The molecule has 0 aromatic heterocycles. The highest BCUT2D eigenvalue weighted by Gasteiger charge is 2.20. The summed E-state index contributed by atoms with van der Waals surface area (Å²) in [5.41, 5.74) is 2.27. The first-order valence-electron chi connectivity index (χ1n) is 8.36. The van der Waals surface area contributed by atoms with Crippen molar-refractivity contribution in [3.8, 4) is 0 Å². The molecule has 1 aliphatic rings. The second kappa shape index (κ2) is 7.95.